The molecule has 30 heavy (non-hydrogen) atoms. The fraction of sp³-hybridized carbons (Fsp3) is 0. The van der Waals surface area contributed by atoms with Crippen LogP contribution in [0.3, 0.4) is 0 Å². The summed E-state index contributed by atoms with van der Waals surface area (Å²) in [5.74, 6) is -0.238. The van der Waals surface area contributed by atoms with Gasteiger partial charge in [0.2, 0.25) is 0 Å². The number of fused-ring (bicyclic) bond motifs is 2. The Labute approximate surface area is 172 Å². The number of hydrogen-bond donors (Lipinski definition) is 1. The molecule has 5 rings (SSSR count). The van der Waals surface area contributed by atoms with E-state index in [1.807, 2.05) is 60.7 Å². The summed E-state index contributed by atoms with van der Waals surface area (Å²) in [4.78, 5) is 25.4. The molecule has 0 saturated heterocycles. The predicted octanol–water partition coefficient (Wildman–Crippen LogP) is 5.87. The highest BCUT2D eigenvalue weighted by Crippen LogP contribution is 2.25. The first-order valence-corrected chi connectivity index (χ1v) is 9.61. The van der Waals surface area contributed by atoms with Crippen LogP contribution < -0.4 is 10.9 Å². The van der Waals surface area contributed by atoms with E-state index in [-0.39, 0.29) is 5.91 Å². The number of hydrogen-bond acceptors (Lipinski definition) is 3. The Hall–Kier alpha value is -4.18. The normalized spacial score (nSPS) is 10.9. The summed E-state index contributed by atoms with van der Waals surface area (Å²) in [6.45, 7) is 0. The van der Waals surface area contributed by atoms with Gasteiger partial charge in [-0.1, -0.05) is 66.7 Å². The molecule has 0 fully saturated rings. The van der Waals surface area contributed by atoms with Crippen molar-refractivity contribution in [3.05, 3.63) is 113 Å². The molecule has 4 nitrogen and oxygen atoms in total. The highest BCUT2D eigenvalue weighted by Gasteiger charge is 2.12. The van der Waals surface area contributed by atoms with Gasteiger partial charge >= 0.3 is 5.63 Å². The maximum atomic E-state index is 12.9. The van der Waals surface area contributed by atoms with Crippen molar-refractivity contribution in [2.75, 3.05) is 5.32 Å². The molecule has 0 atom stereocenters. The summed E-state index contributed by atoms with van der Waals surface area (Å²) in [6, 6.07) is 29.8. The molecule has 5 aromatic rings. The lowest BCUT2D eigenvalue weighted by Gasteiger charge is -2.10. The van der Waals surface area contributed by atoms with Crippen LogP contribution in [-0.4, -0.2) is 5.91 Å². The summed E-state index contributed by atoms with van der Waals surface area (Å²) in [5.41, 5.74) is 2.38. The van der Waals surface area contributed by atoms with Crippen LogP contribution in [0.25, 0.3) is 32.9 Å². The molecule has 0 saturated carbocycles. The smallest absolute Gasteiger partial charge is 0.344 e. The molecule has 1 N–H and O–H groups in total. The summed E-state index contributed by atoms with van der Waals surface area (Å²) >= 11 is 0. The van der Waals surface area contributed by atoms with Crippen LogP contribution in [0.15, 0.2) is 106 Å². The van der Waals surface area contributed by atoms with E-state index in [9.17, 15) is 9.59 Å². The Morgan fingerprint density at radius 2 is 1.47 bits per heavy atom. The van der Waals surface area contributed by atoms with E-state index >= 15 is 0 Å². The minimum atomic E-state index is -0.430. The number of amides is 1. The van der Waals surface area contributed by atoms with Gasteiger partial charge in [0.15, 0.2) is 0 Å². The first-order chi connectivity index (χ1) is 14.7. The van der Waals surface area contributed by atoms with E-state index in [0.717, 1.165) is 21.8 Å². The zero-order valence-electron chi connectivity index (χ0n) is 16.0. The summed E-state index contributed by atoms with van der Waals surface area (Å²) in [7, 11) is 0. The van der Waals surface area contributed by atoms with Gasteiger partial charge in [-0.3, -0.25) is 4.79 Å². The van der Waals surface area contributed by atoms with Crippen molar-refractivity contribution >= 4 is 33.3 Å². The third-order valence-corrected chi connectivity index (χ3v) is 5.12. The number of anilines is 1. The molecule has 1 amide bonds. The number of para-hydroxylation sites is 1. The predicted molar refractivity (Wildman–Crippen MR) is 120 cm³/mol. The van der Waals surface area contributed by atoms with Crippen molar-refractivity contribution < 1.29 is 9.21 Å². The average Bonchev–Trinajstić information content (AvgIpc) is 2.79. The summed E-state index contributed by atoms with van der Waals surface area (Å²) < 4.78 is 5.44. The molecule has 1 heterocycles. The molecule has 0 radical (unpaired) electrons. The van der Waals surface area contributed by atoms with E-state index in [1.54, 1.807) is 36.4 Å². The van der Waals surface area contributed by atoms with Crippen LogP contribution in [0, 0.1) is 0 Å². The highest BCUT2D eigenvalue weighted by atomic mass is 16.4. The number of carbonyl (C=O) groups excluding carboxylic acids is 1. The van der Waals surface area contributed by atoms with E-state index in [1.165, 1.54) is 0 Å². The summed E-state index contributed by atoms with van der Waals surface area (Å²) in [5, 5.41) is 5.84. The minimum Gasteiger partial charge on any atom is -0.422 e. The number of nitrogens with one attached hydrogen (secondary N) is 1. The van der Waals surface area contributed by atoms with E-state index < -0.39 is 5.63 Å². The van der Waals surface area contributed by atoms with Crippen molar-refractivity contribution in [2.24, 2.45) is 0 Å². The van der Waals surface area contributed by atoms with Crippen molar-refractivity contribution in [3.63, 3.8) is 0 Å². The quantitative estimate of drug-likeness (QED) is 0.392. The minimum absolute atomic E-state index is 0.238. The molecule has 4 aromatic carbocycles. The Morgan fingerprint density at radius 1 is 0.733 bits per heavy atom. The third kappa shape index (κ3) is 3.25. The highest BCUT2D eigenvalue weighted by molar-refractivity contribution is 6.09. The maximum Gasteiger partial charge on any atom is 0.344 e. The van der Waals surface area contributed by atoms with Crippen LogP contribution in [0.1, 0.15) is 10.4 Å². The zero-order valence-corrected chi connectivity index (χ0v) is 16.0. The fourth-order valence-corrected chi connectivity index (χ4v) is 3.62. The van der Waals surface area contributed by atoms with Crippen LogP contribution in [-0.2, 0) is 0 Å². The lowest BCUT2D eigenvalue weighted by molar-refractivity contribution is 0.102. The molecule has 0 bridgehead atoms. The first kappa shape index (κ1) is 17.9. The lowest BCUT2D eigenvalue weighted by atomic mass is 10.0. The van der Waals surface area contributed by atoms with Gasteiger partial charge in [-0.15, -0.1) is 0 Å². The Kier molecular flexibility index (Phi) is 4.37. The van der Waals surface area contributed by atoms with Crippen LogP contribution in [0.4, 0.5) is 5.69 Å². The average molecular weight is 391 g/mol. The van der Waals surface area contributed by atoms with Crippen LogP contribution >= 0.6 is 0 Å². The van der Waals surface area contributed by atoms with Gasteiger partial charge in [0.1, 0.15) is 5.58 Å². The van der Waals surface area contributed by atoms with Gasteiger partial charge in [0, 0.05) is 22.0 Å². The first-order valence-electron chi connectivity index (χ1n) is 9.61. The molecule has 0 aliphatic carbocycles. The van der Waals surface area contributed by atoms with E-state index in [0.29, 0.717) is 22.3 Å². The number of benzene rings is 4. The summed E-state index contributed by atoms with van der Waals surface area (Å²) in [6.07, 6.45) is 0. The van der Waals surface area contributed by atoms with Gasteiger partial charge < -0.3 is 9.73 Å². The molecule has 144 valence electrons. The molecule has 0 unspecified atom stereocenters. The molecule has 4 heteroatoms. The Bertz CT molecular complexity index is 1460. The molecule has 1 aromatic heterocycles. The standard InChI is InChI=1S/C26H17NO3/c28-25(27-23-13-6-9-17-7-1-3-12-21(17)23)20-11-5-10-18(15-20)22-16-19-8-2-4-14-24(19)30-26(22)29/h1-16H,(H,27,28). The van der Waals surface area contributed by atoms with Gasteiger partial charge in [-0.25, -0.2) is 4.79 Å². The molecule has 0 aliphatic rings. The van der Waals surface area contributed by atoms with Gasteiger partial charge in [-0.05, 0) is 41.3 Å². The topological polar surface area (TPSA) is 59.3 Å². The second kappa shape index (κ2) is 7.33. The van der Waals surface area contributed by atoms with Gasteiger partial charge in [0.25, 0.3) is 5.91 Å². The van der Waals surface area contributed by atoms with Crippen molar-refractivity contribution in [1.82, 2.24) is 0 Å². The van der Waals surface area contributed by atoms with Crippen LogP contribution in [0.2, 0.25) is 0 Å². The molecular formula is C26H17NO3. The Morgan fingerprint density at radius 3 is 2.37 bits per heavy atom. The van der Waals surface area contributed by atoms with Crippen molar-refractivity contribution in [2.45, 2.75) is 0 Å². The maximum absolute atomic E-state index is 12.9. The molecule has 0 aliphatic heterocycles. The monoisotopic (exact) mass is 391 g/mol. The second-order valence-corrected chi connectivity index (χ2v) is 7.05. The van der Waals surface area contributed by atoms with Crippen molar-refractivity contribution in [1.29, 1.82) is 0 Å². The second-order valence-electron chi connectivity index (χ2n) is 7.05. The SMILES string of the molecule is O=C(Nc1cccc2ccccc12)c1cccc(-c2cc3ccccc3oc2=O)c1. The third-order valence-electron chi connectivity index (χ3n) is 5.12. The Balaban J connectivity index is 1.51. The van der Waals surface area contributed by atoms with E-state index in [4.69, 9.17) is 4.42 Å². The number of rotatable bonds is 3. The lowest BCUT2D eigenvalue weighted by Crippen LogP contribution is -2.12. The van der Waals surface area contributed by atoms with Crippen molar-refractivity contribution in [3.8, 4) is 11.1 Å². The molecule has 0 spiro atoms. The fourth-order valence-electron chi connectivity index (χ4n) is 3.62. The number of carbonyl (C=O) groups is 1. The zero-order chi connectivity index (χ0) is 20.5. The largest absolute Gasteiger partial charge is 0.422 e. The van der Waals surface area contributed by atoms with Gasteiger partial charge in [-0.2, -0.15) is 0 Å². The van der Waals surface area contributed by atoms with Crippen LogP contribution in [0.5, 0.6) is 0 Å². The van der Waals surface area contributed by atoms with E-state index in [2.05, 4.69) is 5.32 Å². The molecular weight excluding hydrogens is 374 g/mol. The van der Waals surface area contributed by atoms with Gasteiger partial charge in [0.05, 0.1) is 5.56 Å².